The Kier molecular flexibility index (Phi) is 5.94. The summed E-state index contributed by atoms with van der Waals surface area (Å²) < 4.78 is 9.64. The van der Waals surface area contributed by atoms with Crippen molar-refractivity contribution in [2.45, 2.75) is 44.8 Å². The van der Waals surface area contributed by atoms with Crippen molar-refractivity contribution in [2.24, 2.45) is 12.8 Å². The summed E-state index contributed by atoms with van der Waals surface area (Å²) in [4.78, 5) is 33.4. The van der Waals surface area contributed by atoms with Crippen molar-refractivity contribution >= 4 is 17.3 Å². The molecule has 10 heteroatoms. The van der Waals surface area contributed by atoms with Gasteiger partial charge in [-0.2, -0.15) is 5.10 Å². The molecule has 10 nitrogen and oxygen atoms in total. The van der Waals surface area contributed by atoms with E-state index in [1.165, 1.54) is 0 Å². The van der Waals surface area contributed by atoms with Crippen LogP contribution in [0.5, 0.6) is 5.88 Å². The molecular formula is C25H27N7O3. The van der Waals surface area contributed by atoms with Gasteiger partial charge in [-0.15, -0.1) is 0 Å². The summed E-state index contributed by atoms with van der Waals surface area (Å²) in [5.41, 5.74) is 8.87. The Balaban J connectivity index is 1.24. The van der Waals surface area contributed by atoms with E-state index in [2.05, 4.69) is 20.4 Å². The number of fused-ring (bicyclic) bond motifs is 1. The van der Waals surface area contributed by atoms with Gasteiger partial charge in [-0.05, 0) is 50.8 Å². The van der Waals surface area contributed by atoms with Gasteiger partial charge in [0, 0.05) is 42.8 Å². The van der Waals surface area contributed by atoms with Crippen LogP contribution in [0.4, 0.5) is 0 Å². The van der Waals surface area contributed by atoms with E-state index in [-0.39, 0.29) is 29.5 Å². The first-order valence-electron chi connectivity index (χ1n) is 11.6. The molecule has 5 rings (SSSR count). The van der Waals surface area contributed by atoms with Crippen LogP contribution < -0.4 is 15.8 Å². The number of carbonyl (C=O) groups is 2. The largest absolute Gasteiger partial charge is 0.474 e. The lowest BCUT2D eigenvalue weighted by Gasteiger charge is -2.29. The van der Waals surface area contributed by atoms with Crippen molar-refractivity contribution in [1.29, 1.82) is 0 Å². The third kappa shape index (κ3) is 4.59. The van der Waals surface area contributed by atoms with Crippen molar-refractivity contribution in [3.05, 3.63) is 66.1 Å². The Labute approximate surface area is 202 Å². The third-order valence-corrected chi connectivity index (χ3v) is 6.39. The quantitative estimate of drug-likeness (QED) is 0.443. The molecular weight excluding hydrogens is 446 g/mol. The molecule has 4 heterocycles. The molecule has 2 amide bonds. The number of carbonyl (C=O) groups excluding carboxylic acids is 2. The number of primary amides is 1. The van der Waals surface area contributed by atoms with E-state index in [0.717, 1.165) is 48.2 Å². The van der Waals surface area contributed by atoms with Crippen LogP contribution in [-0.4, -0.2) is 48.1 Å². The van der Waals surface area contributed by atoms with Gasteiger partial charge in [-0.25, -0.2) is 9.97 Å². The smallest absolute Gasteiger partial charge is 0.272 e. The predicted molar refractivity (Wildman–Crippen MR) is 129 cm³/mol. The highest BCUT2D eigenvalue weighted by atomic mass is 16.5. The van der Waals surface area contributed by atoms with Crippen molar-refractivity contribution in [1.82, 2.24) is 29.5 Å². The Morgan fingerprint density at radius 3 is 2.63 bits per heavy atom. The van der Waals surface area contributed by atoms with Gasteiger partial charge in [-0.3, -0.25) is 14.3 Å². The fourth-order valence-corrected chi connectivity index (χ4v) is 4.55. The fourth-order valence-electron chi connectivity index (χ4n) is 4.55. The lowest BCUT2D eigenvalue weighted by molar-refractivity contribution is 0.0878. The van der Waals surface area contributed by atoms with Crippen LogP contribution in [0, 0.1) is 6.92 Å². The van der Waals surface area contributed by atoms with Crippen LogP contribution in [0.15, 0.2) is 49.1 Å². The van der Waals surface area contributed by atoms with Gasteiger partial charge in [0.2, 0.25) is 5.88 Å². The number of nitrogens with two attached hydrogens (primary N) is 1. The number of hydrogen-bond acceptors (Lipinski definition) is 6. The normalized spacial score (nSPS) is 17.9. The summed E-state index contributed by atoms with van der Waals surface area (Å²) in [5.74, 6) is 0.255. The van der Waals surface area contributed by atoms with Gasteiger partial charge in [0.1, 0.15) is 17.5 Å². The molecule has 4 aromatic heterocycles. The highest BCUT2D eigenvalue weighted by Crippen LogP contribution is 2.26. The molecule has 180 valence electrons. The first kappa shape index (κ1) is 22.6. The Hall–Kier alpha value is -4.21. The van der Waals surface area contributed by atoms with Crippen molar-refractivity contribution in [2.75, 3.05) is 0 Å². The minimum Gasteiger partial charge on any atom is -0.474 e. The Bertz CT molecular complexity index is 1400. The van der Waals surface area contributed by atoms with E-state index < -0.39 is 5.91 Å². The molecule has 0 unspecified atom stereocenters. The Morgan fingerprint density at radius 1 is 1.11 bits per heavy atom. The van der Waals surface area contributed by atoms with Crippen LogP contribution in [0.25, 0.3) is 16.6 Å². The summed E-state index contributed by atoms with van der Waals surface area (Å²) in [6, 6.07) is 7.18. The molecule has 35 heavy (non-hydrogen) atoms. The first-order chi connectivity index (χ1) is 16.9. The minimum absolute atomic E-state index is 0.0217. The van der Waals surface area contributed by atoms with E-state index in [9.17, 15) is 9.59 Å². The summed E-state index contributed by atoms with van der Waals surface area (Å²) in [5, 5.41) is 7.36. The number of aromatic nitrogens is 5. The molecule has 0 aromatic carbocycles. The van der Waals surface area contributed by atoms with Crippen molar-refractivity contribution in [3.8, 4) is 17.0 Å². The second kappa shape index (κ2) is 9.21. The average molecular weight is 474 g/mol. The van der Waals surface area contributed by atoms with Crippen LogP contribution >= 0.6 is 0 Å². The molecule has 4 aromatic rings. The molecule has 1 saturated carbocycles. The second-order valence-corrected chi connectivity index (χ2v) is 8.87. The lowest BCUT2D eigenvalue weighted by atomic mass is 9.93. The fraction of sp³-hybridized carbons (Fsp3) is 0.320. The highest BCUT2D eigenvalue weighted by molar-refractivity contribution is 5.99. The standard InChI is InChI=1S/C25H27N7O3/c1-15-29-22(21-10-5-16(14-32(15)21)17-12-28-31(2)13-17)24(34)30-18-6-8-19(9-7-18)35-25-20(23(26)33)4-3-11-27-25/h3-5,10-14,18-19H,6-9H2,1-2H3,(H2,26,33)(H,30,34). The molecule has 1 aliphatic carbocycles. The van der Waals surface area contributed by atoms with Gasteiger partial charge in [0.15, 0.2) is 5.69 Å². The van der Waals surface area contributed by atoms with Gasteiger partial charge < -0.3 is 20.2 Å². The maximum atomic E-state index is 13.1. The summed E-state index contributed by atoms with van der Waals surface area (Å²) >= 11 is 0. The average Bonchev–Trinajstić information content (AvgIpc) is 3.43. The number of imidazole rings is 1. The number of nitrogens with one attached hydrogen (secondary N) is 1. The van der Waals surface area contributed by atoms with Crippen LogP contribution in [0.3, 0.4) is 0 Å². The number of pyridine rings is 2. The maximum absolute atomic E-state index is 13.1. The van der Waals surface area contributed by atoms with Gasteiger partial charge in [-0.1, -0.05) is 6.07 Å². The molecule has 0 bridgehead atoms. The van der Waals surface area contributed by atoms with Crippen molar-refractivity contribution in [3.63, 3.8) is 0 Å². The topological polar surface area (TPSA) is 129 Å². The van der Waals surface area contributed by atoms with E-state index in [1.807, 2.05) is 49.1 Å². The second-order valence-electron chi connectivity index (χ2n) is 8.87. The molecule has 1 fully saturated rings. The SMILES string of the molecule is Cc1nc(C(=O)NC2CCC(Oc3ncccc3C(N)=O)CC2)c2ccc(-c3cnn(C)c3)cn12. The number of amides is 2. The monoisotopic (exact) mass is 473 g/mol. The molecule has 3 N–H and O–H groups in total. The predicted octanol–water partition coefficient (Wildman–Crippen LogP) is 2.66. The van der Waals surface area contributed by atoms with Crippen LogP contribution in [-0.2, 0) is 7.05 Å². The molecule has 0 saturated heterocycles. The number of rotatable bonds is 6. The minimum atomic E-state index is -0.566. The molecule has 0 atom stereocenters. The zero-order chi connectivity index (χ0) is 24.5. The molecule has 0 aliphatic heterocycles. The van der Waals surface area contributed by atoms with E-state index in [0.29, 0.717) is 5.69 Å². The number of aryl methyl sites for hydroxylation is 2. The zero-order valence-electron chi connectivity index (χ0n) is 19.6. The van der Waals surface area contributed by atoms with Gasteiger partial charge in [0.25, 0.3) is 11.8 Å². The summed E-state index contributed by atoms with van der Waals surface area (Å²) in [6.45, 7) is 1.89. The highest BCUT2D eigenvalue weighted by Gasteiger charge is 2.27. The van der Waals surface area contributed by atoms with Crippen LogP contribution in [0.2, 0.25) is 0 Å². The third-order valence-electron chi connectivity index (χ3n) is 6.39. The summed E-state index contributed by atoms with van der Waals surface area (Å²) in [6.07, 6.45) is 10.2. The number of ether oxygens (including phenoxy) is 1. The van der Waals surface area contributed by atoms with Gasteiger partial charge in [0.05, 0.1) is 11.7 Å². The first-order valence-corrected chi connectivity index (χ1v) is 11.6. The van der Waals surface area contributed by atoms with Crippen LogP contribution in [0.1, 0.15) is 52.4 Å². The number of nitrogens with zero attached hydrogens (tertiary/aromatic N) is 5. The maximum Gasteiger partial charge on any atom is 0.272 e. The number of hydrogen-bond donors (Lipinski definition) is 2. The molecule has 1 aliphatic rings. The summed E-state index contributed by atoms with van der Waals surface area (Å²) in [7, 11) is 1.88. The molecule has 0 radical (unpaired) electrons. The molecule has 0 spiro atoms. The lowest BCUT2D eigenvalue weighted by Crippen LogP contribution is -2.40. The Morgan fingerprint density at radius 2 is 1.91 bits per heavy atom. The van der Waals surface area contributed by atoms with E-state index in [1.54, 1.807) is 23.0 Å². The van der Waals surface area contributed by atoms with E-state index >= 15 is 0 Å². The zero-order valence-corrected chi connectivity index (χ0v) is 19.6. The van der Waals surface area contributed by atoms with Gasteiger partial charge >= 0.3 is 0 Å². The van der Waals surface area contributed by atoms with Crippen molar-refractivity contribution < 1.29 is 14.3 Å². The van der Waals surface area contributed by atoms with E-state index in [4.69, 9.17) is 10.5 Å².